The van der Waals surface area contributed by atoms with Crippen molar-refractivity contribution in [1.82, 2.24) is 0 Å². The van der Waals surface area contributed by atoms with Crippen molar-refractivity contribution in [3.63, 3.8) is 0 Å². The molecule has 0 bridgehead atoms. The minimum absolute atomic E-state index is 0.522. The van der Waals surface area contributed by atoms with Gasteiger partial charge in [0.05, 0.1) is 119 Å². The zero-order chi connectivity index (χ0) is 26.3. The van der Waals surface area contributed by atoms with Crippen molar-refractivity contribution in [1.29, 1.82) is 0 Å². The molecule has 37 heavy (non-hydrogen) atoms. The van der Waals surface area contributed by atoms with E-state index < -0.39 is 0 Å². The van der Waals surface area contributed by atoms with Crippen LogP contribution in [0.5, 0.6) is 5.75 Å². The minimum atomic E-state index is 0.522. The van der Waals surface area contributed by atoms with E-state index in [9.17, 15) is 0 Å². The fourth-order valence-electron chi connectivity index (χ4n) is 2.65. The topological polar surface area (TPSA) is 92.3 Å². The number of para-hydroxylation sites is 1. The van der Waals surface area contributed by atoms with Crippen molar-refractivity contribution >= 4 is 22.6 Å². The highest BCUT2D eigenvalue weighted by molar-refractivity contribution is 14.1. The molecule has 0 aliphatic carbocycles. The first-order valence-electron chi connectivity index (χ1n) is 12.9. The monoisotopic (exact) mass is 644 g/mol. The lowest BCUT2D eigenvalue weighted by Crippen LogP contribution is -2.15. The number of rotatable bonds is 30. The number of benzene rings is 1. The van der Waals surface area contributed by atoms with E-state index >= 15 is 0 Å². The lowest BCUT2D eigenvalue weighted by Gasteiger charge is -2.09. The molecule has 0 aliphatic heterocycles. The Kier molecular flexibility index (Phi) is 27.8. The van der Waals surface area contributed by atoms with Gasteiger partial charge >= 0.3 is 0 Å². The molecule has 0 fully saturated rings. The SMILES string of the molecule is ICCOCCOCCOCCOCCOCCOCCOCCOCCOCCOc1ccccc1. The van der Waals surface area contributed by atoms with Crippen LogP contribution in [0, 0.1) is 0 Å². The average Bonchev–Trinajstić information content (AvgIpc) is 2.93. The number of hydrogen-bond donors (Lipinski definition) is 0. The van der Waals surface area contributed by atoms with Gasteiger partial charge in [0.2, 0.25) is 0 Å². The largest absolute Gasteiger partial charge is 0.491 e. The van der Waals surface area contributed by atoms with Gasteiger partial charge in [0.15, 0.2) is 0 Å². The lowest BCUT2D eigenvalue weighted by atomic mass is 10.3. The highest BCUT2D eigenvalue weighted by atomic mass is 127. The standard InChI is InChI=1S/C26H45IO10/c27-6-7-28-8-9-29-10-11-30-12-13-31-14-15-32-16-17-33-18-19-34-20-21-35-22-23-36-24-25-37-26-4-2-1-3-5-26/h1-5H,6-25H2. The van der Waals surface area contributed by atoms with Gasteiger partial charge in [0, 0.05) is 4.43 Å². The maximum Gasteiger partial charge on any atom is 0.119 e. The van der Waals surface area contributed by atoms with E-state index in [-0.39, 0.29) is 0 Å². The van der Waals surface area contributed by atoms with Crippen LogP contribution in [0.15, 0.2) is 30.3 Å². The van der Waals surface area contributed by atoms with Gasteiger partial charge < -0.3 is 47.4 Å². The molecular formula is C26H45IO10. The van der Waals surface area contributed by atoms with Gasteiger partial charge in [-0.05, 0) is 12.1 Å². The number of halogens is 1. The van der Waals surface area contributed by atoms with Gasteiger partial charge in [-0.1, -0.05) is 40.8 Å². The van der Waals surface area contributed by atoms with Gasteiger partial charge in [-0.15, -0.1) is 0 Å². The molecule has 0 radical (unpaired) electrons. The highest BCUT2D eigenvalue weighted by Gasteiger charge is 1.96. The maximum absolute atomic E-state index is 5.54. The maximum atomic E-state index is 5.54. The molecular weight excluding hydrogens is 599 g/mol. The third-order valence-electron chi connectivity index (χ3n) is 4.44. The van der Waals surface area contributed by atoms with E-state index in [0.29, 0.717) is 119 Å². The molecule has 0 aromatic heterocycles. The summed E-state index contributed by atoms with van der Waals surface area (Å²) >= 11 is 2.28. The highest BCUT2D eigenvalue weighted by Crippen LogP contribution is 2.07. The Morgan fingerprint density at radius 2 is 0.622 bits per heavy atom. The normalized spacial score (nSPS) is 11.3. The Morgan fingerprint density at radius 3 is 0.919 bits per heavy atom. The minimum Gasteiger partial charge on any atom is -0.491 e. The predicted octanol–water partition coefficient (Wildman–Crippen LogP) is 2.65. The third-order valence-corrected chi connectivity index (χ3v) is 4.88. The summed E-state index contributed by atoms with van der Waals surface area (Å²) in [5, 5.41) is 0. The molecule has 0 amide bonds. The molecule has 0 saturated carbocycles. The van der Waals surface area contributed by atoms with Gasteiger partial charge in [-0.2, -0.15) is 0 Å². The first kappa shape index (κ1) is 34.4. The van der Waals surface area contributed by atoms with Crippen LogP contribution in [0.1, 0.15) is 0 Å². The van der Waals surface area contributed by atoms with Crippen LogP contribution in [-0.4, -0.2) is 130 Å². The lowest BCUT2D eigenvalue weighted by molar-refractivity contribution is -0.0251. The molecule has 11 heteroatoms. The van der Waals surface area contributed by atoms with Crippen LogP contribution in [-0.2, 0) is 42.6 Å². The molecule has 1 aromatic carbocycles. The summed E-state index contributed by atoms with van der Waals surface area (Å²) < 4.78 is 55.4. The van der Waals surface area contributed by atoms with Crippen LogP contribution >= 0.6 is 22.6 Å². The Morgan fingerprint density at radius 1 is 0.351 bits per heavy atom. The van der Waals surface area contributed by atoms with Crippen molar-refractivity contribution in [3.8, 4) is 5.75 Å². The first-order chi connectivity index (χ1) is 18.4. The molecule has 1 rings (SSSR count). The number of hydrogen-bond acceptors (Lipinski definition) is 10. The molecule has 0 atom stereocenters. The van der Waals surface area contributed by atoms with E-state index in [2.05, 4.69) is 22.6 Å². The van der Waals surface area contributed by atoms with E-state index in [1.54, 1.807) is 0 Å². The molecule has 1 aromatic rings. The van der Waals surface area contributed by atoms with Crippen molar-refractivity contribution < 1.29 is 47.4 Å². The summed E-state index contributed by atoms with van der Waals surface area (Å²) in [6.45, 7) is 10.5. The fraction of sp³-hybridized carbons (Fsp3) is 0.769. The van der Waals surface area contributed by atoms with Crippen LogP contribution in [0.3, 0.4) is 0 Å². The van der Waals surface area contributed by atoms with Gasteiger partial charge in [-0.3, -0.25) is 0 Å². The van der Waals surface area contributed by atoms with Crippen LogP contribution < -0.4 is 4.74 Å². The van der Waals surface area contributed by atoms with E-state index in [1.165, 1.54) is 0 Å². The van der Waals surface area contributed by atoms with Crippen molar-refractivity contribution in [2.24, 2.45) is 0 Å². The smallest absolute Gasteiger partial charge is 0.119 e. The zero-order valence-electron chi connectivity index (χ0n) is 22.0. The van der Waals surface area contributed by atoms with Crippen molar-refractivity contribution in [2.45, 2.75) is 0 Å². The summed E-state index contributed by atoms with van der Waals surface area (Å²) in [5.74, 6) is 0.848. The molecule has 0 saturated heterocycles. The van der Waals surface area contributed by atoms with Crippen molar-refractivity contribution in [2.75, 3.05) is 130 Å². The second-order valence-corrected chi connectivity index (χ2v) is 8.44. The van der Waals surface area contributed by atoms with Gasteiger partial charge in [-0.25, -0.2) is 0 Å². The Balaban J connectivity index is 1.62. The van der Waals surface area contributed by atoms with Gasteiger partial charge in [0.25, 0.3) is 0 Å². The molecule has 0 N–H and O–H groups in total. The average molecular weight is 645 g/mol. The quantitative estimate of drug-likeness (QED) is 0.0708. The second-order valence-electron chi connectivity index (χ2n) is 7.36. The Labute approximate surface area is 235 Å². The van der Waals surface area contributed by atoms with Crippen LogP contribution in [0.4, 0.5) is 0 Å². The first-order valence-corrected chi connectivity index (χ1v) is 14.4. The molecule has 0 aliphatic rings. The van der Waals surface area contributed by atoms with Crippen LogP contribution in [0.2, 0.25) is 0 Å². The van der Waals surface area contributed by atoms with Crippen molar-refractivity contribution in [3.05, 3.63) is 30.3 Å². The molecule has 0 unspecified atom stereocenters. The Bertz CT molecular complexity index is 555. The summed E-state index contributed by atoms with van der Waals surface area (Å²) in [7, 11) is 0. The summed E-state index contributed by atoms with van der Waals surface area (Å²) in [6, 6.07) is 9.68. The molecule has 0 heterocycles. The predicted molar refractivity (Wildman–Crippen MR) is 148 cm³/mol. The number of alkyl halides is 1. The van der Waals surface area contributed by atoms with E-state index in [4.69, 9.17) is 47.4 Å². The number of ether oxygens (including phenoxy) is 10. The zero-order valence-corrected chi connectivity index (χ0v) is 24.1. The summed E-state index contributed by atoms with van der Waals surface area (Å²) in [5.41, 5.74) is 0. The molecule has 10 nitrogen and oxygen atoms in total. The summed E-state index contributed by atoms with van der Waals surface area (Å²) in [6.07, 6.45) is 0. The fourth-order valence-corrected chi connectivity index (χ4v) is 2.96. The Hall–Kier alpha value is -0.610. The third kappa shape index (κ3) is 26.8. The summed E-state index contributed by atoms with van der Waals surface area (Å²) in [4.78, 5) is 0. The molecule has 0 spiro atoms. The van der Waals surface area contributed by atoms with Crippen LogP contribution in [0.25, 0.3) is 0 Å². The molecule has 216 valence electrons. The second kappa shape index (κ2) is 29.9. The van der Waals surface area contributed by atoms with E-state index in [1.807, 2.05) is 30.3 Å². The van der Waals surface area contributed by atoms with Gasteiger partial charge in [0.1, 0.15) is 12.4 Å². The van der Waals surface area contributed by atoms with E-state index in [0.717, 1.165) is 16.8 Å².